The number of aromatic nitrogens is 2. The second-order valence-corrected chi connectivity index (χ2v) is 5.06. The van der Waals surface area contributed by atoms with Crippen LogP contribution in [0.5, 0.6) is 0 Å². The topological polar surface area (TPSA) is 75.5 Å². The minimum Gasteiger partial charge on any atom is -0.327 e. The molecule has 1 aliphatic rings. The number of imidazole rings is 1. The van der Waals surface area contributed by atoms with Crippen LogP contribution in [-0.4, -0.2) is 27.2 Å². The van der Waals surface area contributed by atoms with E-state index in [9.17, 15) is 9.59 Å². The summed E-state index contributed by atoms with van der Waals surface area (Å²) in [4.78, 5) is 28.9. The highest BCUT2D eigenvalue weighted by Gasteiger charge is 2.34. The summed E-state index contributed by atoms with van der Waals surface area (Å²) in [6.45, 7) is 3.95. The largest absolute Gasteiger partial charge is 0.327 e. The summed E-state index contributed by atoms with van der Waals surface area (Å²) in [6.07, 6.45) is 2.59. The molecule has 0 fully saturated rings. The standard InChI is InChI=1S/C14H16N4O2/c1-3-8(2)10-12(19)11-13(17-14(20)16-10)15-9-6-4-5-7-18(9)11/h4-8,10H,3H2,1-2H3,(H2,16,17,20)/t8-,10+/m0/s1. The summed E-state index contributed by atoms with van der Waals surface area (Å²) in [6, 6.07) is 4.57. The van der Waals surface area contributed by atoms with E-state index < -0.39 is 6.04 Å². The van der Waals surface area contributed by atoms with Crippen LogP contribution in [0.4, 0.5) is 10.6 Å². The molecule has 3 heterocycles. The van der Waals surface area contributed by atoms with E-state index in [0.29, 0.717) is 17.2 Å². The van der Waals surface area contributed by atoms with Gasteiger partial charge in [-0.15, -0.1) is 0 Å². The van der Waals surface area contributed by atoms with Crippen LogP contribution in [0.25, 0.3) is 5.65 Å². The molecule has 0 radical (unpaired) electrons. The lowest BCUT2D eigenvalue weighted by atomic mass is 9.94. The Hall–Kier alpha value is -2.37. The van der Waals surface area contributed by atoms with Crippen LogP contribution in [0.15, 0.2) is 24.4 Å². The molecule has 3 rings (SSSR count). The summed E-state index contributed by atoms with van der Waals surface area (Å²) < 4.78 is 1.72. The van der Waals surface area contributed by atoms with Gasteiger partial charge in [0.15, 0.2) is 5.82 Å². The average Bonchev–Trinajstić information content (AvgIpc) is 2.75. The molecule has 0 unspecified atom stereocenters. The molecule has 6 nitrogen and oxygen atoms in total. The van der Waals surface area contributed by atoms with Gasteiger partial charge in [0.1, 0.15) is 11.3 Å². The van der Waals surface area contributed by atoms with E-state index in [1.165, 1.54) is 0 Å². The Morgan fingerprint density at radius 2 is 2.20 bits per heavy atom. The molecule has 0 spiro atoms. The fourth-order valence-corrected chi connectivity index (χ4v) is 2.45. The number of fused-ring (bicyclic) bond motifs is 3. The first-order chi connectivity index (χ1) is 9.61. The minimum absolute atomic E-state index is 0.0634. The average molecular weight is 272 g/mol. The first-order valence-electron chi connectivity index (χ1n) is 6.70. The van der Waals surface area contributed by atoms with Crippen LogP contribution >= 0.6 is 0 Å². The molecular formula is C14H16N4O2. The molecular weight excluding hydrogens is 256 g/mol. The number of nitrogens with one attached hydrogen (secondary N) is 2. The van der Waals surface area contributed by atoms with Crippen LogP contribution in [0, 0.1) is 5.92 Å². The van der Waals surface area contributed by atoms with Crippen molar-refractivity contribution in [3.8, 4) is 0 Å². The molecule has 2 aromatic heterocycles. The van der Waals surface area contributed by atoms with Crippen molar-refractivity contribution in [2.75, 3.05) is 5.32 Å². The van der Waals surface area contributed by atoms with Gasteiger partial charge in [-0.25, -0.2) is 9.78 Å². The van der Waals surface area contributed by atoms with E-state index in [1.54, 1.807) is 16.7 Å². The molecule has 1 aliphatic heterocycles. The van der Waals surface area contributed by atoms with E-state index in [1.807, 2.05) is 26.0 Å². The Labute approximate surface area is 116 Å². The van der Waals surface area contributed by atoms with Crippen molar-refractivity contribution in [3.63, 3.8) is 0 Å². The van der Waals surface area contributed by atoms with E-state index in [-0.39, 0.29) is 17.7 Å². The van der Waals surface area contributed by atoms with Crippen LogP contribution in [0.3, 0.4) is 0 Å². The minimum atomic E-state index is -0.527. The monoisotopic (exact) mass is 272 g/mol. The second-order valence-electron chi connectivity index (χ2n) is 5.06. The zero-order chi connectivity index (χ0) is 14.3. The van der Waals surface area contributed by atoms with Gasteiger partial charge in [-0.3, -0.25) is 14.5 Å². The summed E-state index contributed by atoms with van der Waals surface area (Å²) in [5, 5.41) is 5.37. The SMILES string of the molecule is CC[C@H](C)[C@H]1NC(=O)Nc2nc3ccccn3c2C1=O. The van der Waals surface area contributed by atoms with E-state index in [0.717, 1.165) is 6.42 Å². The highest BCUT2D eigenvalue weighted by Crippen LogP contribution is 2.24. The van der Waals surface area contributed by atoms with Crippen molar-refractivity contribution in [1.29, 1.82) is 0 Å². The molecule has 104 valence electrons. The molecule has 6 heteroatoms. The Morgan fingerprint density at radius 1 is 1.40 bits per heavy atom. The quantitative estimate of drug-likeness (QED) is 0.878. The molecule has 0 saturated heterocycles. The predicted molar refractivity (Wildman–Crippen MR) is 74.9 cm³/mol. The lowest BCUT2D eigenvalue weighted by Gasteiger charge is -2.20. The number of hydrogen-bond acceptors (Lipinski definition) is 3. The number of pyridine rings is 1. The van der Waals surface area contributed by atoms with Crippen LogP contribution in [0.2, 0.25) is 0 Å². The van der Waals surface area contributed by atoms with Crippen LogP contribution < -0.4 is 10.6 Å². The summed E-state index contributed by atoms with van der Waals surface area (Å²) in [5.74, 6) is 0.282. The van der Waals surface area contributed by atoms with E-state index in [2.05, 4.69) is 15.6 Å². The van der Waals surface area contributed by atoms with Crippen molar-refractivity contribution in [2.45, 2.75) is 26.3 Å². The van der Waals surface area contributed by atoms with Gasteiger partial charge < -0.3 is 5.32 Å². The number of urea groups is 1. The number of rotatable bonds is 2. The van der Waals surface area contributed by atoms with Crippen molar-refractivity contribution in [3.05, 3.63) is 30.1 Å². The number of amides is 2. The molecule has 0 aliphatic carbocycles. The lowest BCUT2D eigenvalue weighted by molar-refractivity contribution is 0.0913. The molecule has 0 aromatic carbocycles. The maximum atomic E-state index is 12.7. The molecule has 20 heavy (non-hydrogen) atoms. The van der Waals surface area contributed by atoms with Gasteiger partial charge in [0.2, 0.25) is 5.78 Å². The fraction of sp³-hybridized carbons (Fsp3) is 0.357. The predicted octanol–water partition coefficient (Wildman–Crippen LogP) is 2.07. The summed E-state index contributed by atoms with van der Waals surface area (Å²) in [7, 11) is 0. The lowest BCUT2D eigenvalue weighted by Crippen LogP contribution is -2.44. The molecule has 0 bridgehead atoms. The second kappa shape index (κ2) is 4.63. The van der Waals surface area contributed by atoms with Gasteiger partial charge in [0.05, 0.1) is 6.04 Å². The number of anilines is 1. The third-order valence-electron chi connectivity index (χ3n) is 3.78. The Balaban J connectivity index is 2.18. The van der Waals surface area contributed by atoms with E-state index >= 15 is 0 Å². The Kier molecular flexibility index (Phi) is 2.93. The molecule has 0 saturated carbocycles. The zero-order valence-corrected chi connectivity index (χ0v) is 11.4. The van der Waals surface area contributed by atoms with Gasteiger partial charge in [-0.2, -0.15) is 0 Å². The van der Waals surface area contributed by atoms with Gasteiger partial charge in [-0.05, 0) is 18.1 Å². The maximum absolute atomic E-state index is 12.7. The fourth-order valence-electron chi connectivity index (χ4n) is 2.45. The van der Waals surface area contributed by atoms with E-state index in [4.69, 9.17) is 0 Å². The first kappa shape index (κ1) is 12.7. The molecule has 2 N–H and O–H groups in total. The number of carbonyl (C=O) groups excluding carboxylic acids is 2. The third-order valence-corrected chi connectivity index (χ3v) is 3.78. The Morgan fingerprint density at radius 3 is 2.95 bits per heavy atom. The van der Waals surface area contributed by atoms with Crippen molar-refractivity contribution < 1.29 is 9.59 Å². The number of carbonyl (C=O) groups is 2. The van der Waals surface area contributed by atoms with Gasteiger partial charge in [0.25, 0.3) is 0 Å². The number of nitrogens with zero attached hydrogens (tertiary/aromatic N) is 2. The summed E-state index contributed by atoms with van der Waals surface area (Å²) >= 11 is 0. The van der Waals surface area contributed by atoms with Crippen LogP contribution in [-0.2, 0) is 0 Å². The van der Waals surface area contributed by atoms with Gasteiger partial charge >= 0.3 is 6.03 Å². The maximum Gasteiger partial charge on any atom is 0.321 e. The molecule has 2 aromatic rings. The zero-order valence-electron chi connectivity index (χ0n) is 11.4. The van der Waals surface area contributed by atoms with Gasteiger partial charge in [-0.1, -0.05) is 26.3 Å². The van der Waals surface area contributed by atoms with Crippen molar-refractivity contribution in [2.24, 2.45) is 5.92 Å². The smallest absolute Gasteiger partial charge is 0.321 e. The Bertz CT molecular complexity index is 692. The normalized spacial score (nSPS) is 20.0. The van der Waals surface area contributed by atoms with Crippen LogP contribution in [0.1, 0.15) is 30.8 Å². The van der Waals surface area contributed by atoms with Crippen molar-refractivity contribution >= 4 is 23.3 Å². The number of Topliss-reactive ketones (excluding diaryl/α,β-unsaturated/α-hetero) is 1. The summed E-state index contributed by atoms with van der Waals surface area (Å²) in [5.41, 5.74) is 1.08. The van der Waals surface area contributed by atoms with Crippen molar-refractivity contribution in [1.82, 2.24) is 14.7 Å². The molecule has 2 atom stereocenters. The first-order valence-corrected chi connectivity index (χ1v) is 6.70. The third kappa shape index (κ3) is 1.84. The number of ketones is 1. The highest BCUT2D eigenvalue weighted by molar-refractivity contribution is 6.10. The number of hydrogen-bond donors (Lipinski definition) is 2. The highest BCUT2D eigenvalue weighted by atomic mass is 16.2. The van der Waals surface area contributed by atoms with Gasteiger partial charge in [0, 0.05) is 6.20 Å². The molecule has 2 amide bonds.